The number of carbonyl (C=O) groups excluding carboxylic acids is 1. The van der Waals surface area contributed by atoms with E-state index < -0.39 is 5.60 Å². The third-order valence-electron chi connectivity index (χ3n) is 6.95. The third kappa shape index (κ3) is 3.94. The fraction of sp³-hybridized carbons (Fsp3) is 0.360. The smallest absolute Gasteiger partial charge is 0.227 e. The number of hydrogen-bond acceptors (Lipinski definition) is 5. The summed E-state index contributed by atoms with van der Waals surface area (Å²) in [6.45, 7) is 0. The first-order valence-corrected chi connectivity index (χ1v) is 10.8. The van der Waals surface area contributed by atoms with Gasteiger partial charge in [-0.3, -0.25) is 9.78 Å². The van der Waals surface area contributed by atoms with Crippen molar-refractivity contribution in [1.29, 1.82) is 5.26 Å². The molecule has 7 heteroatoms. The molecule has 0 aliphatic heterocycles. The average Bonchev–Trinajstić information content (AvgIpc) is 3.28. The lowest BCUT2D eigenvalue weighted by atomic mass is 9.87. The number of rotatable bonds is 4. The Kier molecular flexibility index (Phi) is 5.10. The van der Waals surface area contributed by atoms with Gasteiger partial charge in [-0.15, -0.1) is 0 Å². The number of amides is 1. The number of nitrogens with one attached hydrogen (secondary N) is 1. The number of aliphatic hydroxyl groups is 1. The molecule has 2 fully saturated rings. The maximum atomic E-state index is 13.8. The topological polar surface area (TPSA) is 98.9 Å². The maximum Gasteiger partial charge on any atom is 0.227 e. The summed E-state index contributed by atoms with van der Waals surface area (Å²) in [7, 11) is 0. The van der Waals surface area contributed by atoms with E-state index in [1.54, 1.807) is 30.5 Å². The largest absolute Gasteiger partial charge is 0.389 e. The lowest BCUT2D eigenvalue weighted by molar-refractivity contribution is -0.121. The SMILES string of the molecule is N#Cc1ccc(NC(=O)CC2(O)C[C@H]3C[C@@H](c4ccnc5ccc(F)cc45)C[C@H]3C2)cn1. The Bertz CT molecular complexity index is 1210. The molecule has 1 amide bonds. The second kappa shape index (κ2) is 7.95. The van der Waals surface area contributed by atoms with Crippen LogP contribution in [0.15, 0.2) is 48.8 Å². The first-order valence-electron chi connectivity index (χ1n) is 10.8. The molecule has 3 aromatic rings. The molecule has 1 aromatic carbocycles. The minimum absolute atomic E-state index is 0.0358. The summed E-state index contributed by atoms with van der Waals surface area (Å²) in [6.07, 6.45) is 6.27. The molecule has 0 radical (unpaired) electrons. The third-order valence-corrected chi connectivity index (χ3v) is 6.95. The van der Waals surface area contributed by atoms with Crippen LogP contribution in [0.3, 0.4) is 0 Å². The van der Waals surface area contributed by atoms with Crippen LogP contribution in [0.4, 0.5) is 10.1 Å². The van der Waals surface area contributed by atoms with Crippen LogP contribution in [0.25, 0.3) is 10.9 Å². The molecule has 0 saturated heterocycles. The minimum Gasteiger partial charge on any atom is -0.389 e. The molecule has 5 rings (SSSR count). The molecule has 2 aromatic heterocycles. The van der Waals surface area contributed by atoms with Gasteiger partial charge < -0.3 is 10.4 Å². The maximum absolute atomic E-state index is 13.8. The molecule has 4 atom stereocenters. The number of benzene rings is 1. The zero-order valence-corrected chi connectivity index (χ0v) is 17.5. The van der Waals surface area contributed by atoms with Crippen molar-refractivity contribution in [3.63, 3.8) is 0 Å². The van der Waals surface area contributed by atoms with Crippen molar-refractivity contribution < 1.29 is 14.3 Å². The molecule has 162 valence electrons. The summed E-state index contributed by atoms with van der Waals surface area (Å²) in [5, 5.41) is 23.6. The van der Waals surface area contributed by atoms with Gasteiger partial charge in [0.25, 0.3) is 0 Å². The van der Waals surface area contributed by atoms with Crippen LogP contribution >= 0.6 is 0 Å². The van der Waals surface area contributed by atoms with Gasteiger partial charge in [-0.25, -0.2) is 9.37 Å². The Hall–Kier alpha value is -3.37. The lowest BCUT2D eigenvalue weighted by Gasteiger charge is -2.24. The molecule has 2 aliphatic rings. The number of nitrogens with zero attached hydrogens (tertiary/aromatic N) is 3. The van der Waals surface area contributed by atoms with E-state index in [1.165, 1.54) is 12.3 Å². The summed E-state index contributed by atoms with van der Waals surface area (Å²) in [6, 6.07) is 11.8. The highest BCUT2D eigenvalue weighted by Gasteiger charge is 2.49. The van der Waals surface area contributed by atoms with Gasteiger partial charge in [0, 0.05) is 11.6 Å². The van der Waals surface area contributed by atoms with Crippen molar-refractivity contribution in [2.45, 2.75) is 43.6 Å². The van der Waals surface area contributed by atoms with E-state index in [4.69, 9.17) is 5.26 Å². The summed E-state index contributed by atoms with van der Waals surface area (Å²) >= 11 is 0. The van der Waals surface area contributed by atoms with Crippen molar-refractivity contribution in [1.82, 2.24) is 9.97 Å². The van der Waals surface area contributed by atoms with E-state index in [9.17, 15) is 14.3 Å². The highest BCUT2D eigenvalue weighted by molar-refractivity contribution is 5.91. The number of aromatic nitrogens is 2. The number of halogens is 1. The Morgan fingerprint density at radius 2 is 1.97 bits per heavy atom. The van der Waals surface area contributed by atoms with Crippen LogP contribution in [0.5, 0.6) is 0 Å². The summed E-state index contributed by atoms with van der Waals surface area (Å²) in [5.74, 6) is 0.464. The molecule has 2 aliphatic carbocycles. The highest BCUT2D eigenvalue weighted by Crippen LogP contribution is 2.55. The first kappa shape index (κ1) is 20.5. The number of hydrogen-bond donors (Lipinski definition) is 2. The van der Waals surface area contributed by atoms with Gasteiger partial charge in [-0.2, -0.15) is 5.26 Å². The monoisotopic (exact) mass is 430 g/mol. The van der Waals surface area contributed by atoms with E-state index >= 15 is 0 Å². The Morgan fingerprint density at radius 3 is 2.66 bits per heavy atom. The lowest BCUT2D eigenvalue weighted by Crippen LogP contribution is -2.32. The normalized spacial score (nSPS) is 26.6. The van der Waals surface area contributed by atoms with E-state index in [2.05, 4.69) is 15.3 Å². The predicted molar refractivity (Wildman–Crippen MR) is 117 cm³/mol. The van der Waals surface area contributed by atoms with Crippen molar-refractivity contribution in [3.8, 4) is 6.07 Å². The van der Waals surface area contributed by atoms with E-state index in [0.717, 1.165) is 29.3 Å². The zero-order valence-electron chi connectivity index (χ0n) is 17.5. The van der Waals surface area contributed by atoms with E-state index in [0.29, 0.717) is 36.3 Å². The van der Waals surface area contributed by atoms with E-state index in [1.807, 2.05) is 12.1 Å². The highest BCUT2D eigenvalue weighted by atomic mass is 19.1. The van der Waals surface area contributed by atoms with Crippen molar-refractivity contribution in [3.05, 3.63) is 65.9 Å². The quantitative estimate of drug-likeness (QED) is 0.643. The van der Waals surface area contributed by atoms with Gasteiger partial charge >= 0.3 is 0 Å². The fourth-order valence-electron chi connectivity index (χ4n) is 5.70. The van der Waals surface area contributed by atoms with Crippen LogP contribution in [-0.4, -0.2) is 26.6 Å². The minimum atomic E-state index is -1.02. The molecule has 0 bridgehead atoms. The molecular weight excluding hydrogens is 407 g/mol. The van der Waals surface area contributed by atoms with Crippen LogP contribution in [-0.2, 0) is 4.79 Å². The van der Waals surface area contributed by atoms with Gasteiger partial charge in [-0.1, -0.05) is 0 Å². The molecule has 2 heterocycles. The van der Waals surface area contributed by atoms with E-state index in [-0.39, 0.29) is 23.8 Å². The summed E-state index contributed by atoms with van der Waals surface area (Å²) in [4.78, 5) is 20.8. The van der Waals surface area contributed by atoms with Crippen LogP contribution < -0.4 is 5.32 Å². The van der Waals surface area contributed by atoms with Gasteiger partial charge in [0.15, 0.2) is 0 Å². The van der Waals surface area contributed by atoms with Gasteiger partial charge in [-0.05, 0) is 85.4 Å². The first-order chi connectivity index (χ1) is 15.4. The van der Waals surface area contributed by atoms with Crippen LogP contribution in [0.2, 0.25) is 0 Å². The molecule has 2 N–H and O–H groups in total. The Morgan fingerprint density at radius 1 is 1.19 bits per heavy atom. The van der Waals surface area contributed by atoms with Crippen LogP contribution in [0.1, 0.15) is 49.3 Å². The molecule has 2 saturated carbocycles. The molecule has 0 spiro atoms. The standard InChI is InChI=1S/C25H23FN4O2/c26-18-1-4-23-22(9-18)21(5-6-28-23)15-7-16-10-25(32,11-17(16)8-15)12-24(31)30-20-3-2-19(13-27)29-14-20/h1-6,9,14-17,32H,7-8,10-12H2,(H,30,31)/t15-,16-,17+,25?. The van der Waals surface area contributed by atoms with Gasteiger partial charge in [0.2, 0.25) is 5.91 Å². The van der Waals surface area contributed by atoms with Crippen molar-refractivity contribution >= 4 is 22.5 Å². The Balaban J connectivity index is 1.24. The van der Waals surface area contributed by atoms with Crippen molar-refractivity contribution in [2.75, 3.05) is 5.32 Å². The number of anilines is 1. The number of pyridine rings is 2. The zero-order chi connectivity index (χ0) is 22.3. The Labute approximate surface area is 185 Å². The van der Waals surface area contributed by atoms with Gasteiger partial charge in [0.1, 0.15) is 17.6 Å². The molecular formula is C25H23FN4O2. The number of carbonyl (C=O) groups is 1. The molecule has 6 nitrogen and oxygen atoms in total. The predicted octanol–water partition coefficient (Wildman–Crippen LogP) is 4.30. The summed E-state index contributed by atoms with van der Waals surface area (Å²) in [5.41, 5.74) is 1.69. The second-order valence-electron chi connectivity index (χ2n) is 9.15. The summed E-state index contributed by atoms with van der Waals surface area (Å²) < 4.78 is 13.8. The molecule has 32 heavy (non-hydrogen) atoms. The fourth-order valence-corrected chi connectivity index (χ4v) is 5.70. The second-order valence-corrected chi connectivity index (χ2v) is 9.15. The average molecular weight is 430 g/mol. The number of fused-ring (bicyclic) bond motifs is 2. The van der Waals surface area contributed by atoms with Gasteiger partial charge in [0.05, 0.1) is 29.4 Å². The van der Waals surface area contributed by atoms with Crippen molar-refractivity contribution in [2.24, 2.45) is 11.8 Å². The van der Waals surface area contributed by atoms with Crippen LogP contribution in [0, 0.1) is 29.0 Å². The molecule has 1 unspecified atom stereocenters. The number of nitriles is 1.